The van der Waals surface area contributed by atoms with E-state index in [1.807, 2.05) is 30.3 Å². The molecule has 2 rings (SSSR count). The van der Waals surface area contributed by atoms with Crippen LogP contribution < -0.4 is 4.74 Å². The van der Waals surface area contributed by atoms with Crippen LogP contribution in [-0.2, 0) is 4.74 Å². The van der Waals surface area contributed by atoms with Crippen molar-refractivity contribution in [2.45, 2.75) is 9.79 Å². The molecule has 20 heavy (non-hydrogen) atoms. The Kier molecular flexibility index (Phi) is 5.09. The van der Waals surface area contributed by atoms with Gasteiger partial charge in [-0.05, 0) is 58.4 Å². The number of halogens is 1. The Morgan fingerprint density at radius 2 is 1.70 bits per heavy atom. The van der Waals surface area contributed by atoms with Crippen LogP contribution in [0.3, 0.4) is 0 Å². The molecule has 0 saturated heterocycles. The molecule has 0 fully saturated rings. The number of hydrogen-bond donors (Lipinski definition) is 0. The van der Waals surface area contributed by atoms with Crippen molar-refractivity contribution in [1.29, 1.82) is 0 Å². The Balaban J connectivity index is 2.14. The molecular weight excluding hydrogens is 340 g/mol. The predicted octanol–water partition coefficient (Wildman–Crippen LogP) is 4.40. The van der Waals surface area contributed by atoms with Crippen molar-refractivity contribution < 1.29 is 14.3 Å². The fourth-order valence-electron chi connectivity index (χ4n) is 1.62. The maximum atomic E-state index is 11.3. The highest BCUT2D eigenvalue weighted by Gasteiger charge is 2.06. The van der Waals surface area contributed by atoms with E-state index in [0.717, 1.165) is 20.0 Å². The molecule has 2 aromatic carbocycles. The molecule has 0 N–H and O–H groups in total. The topological polar surface area (TPSA) is 35.5 Å². The molecule has 5 heteroatoms. The lowest BCUT2D eigenvalue weighted by Gasteiger charge is -2.06. The first-order chi connectivity index (χ1) is 9.63. The predicted molar refractivity (Wildman–Crippen MR) is 82.6 cm³/mol. The van der Waals surface area contributed by atoms with Gasteiger partial charge in [0, 0.05) is 9.79 Å². The third-order valence-electron chi connectivity index (χ3n) is 2.63. The van der Waals surface area contributed by atoms with Crippen molar-refractivity contribution in [2.24, 2.45) is 0 Å². The molecule has 104 valence electrons. The van der Waals surface area contributed by atoms with E-state index in [1.165, 1.54) is 7.11 Å². The van der Waals surface area contributed by atoms with Gasteiger partial charge in [-0.25, -0.2) is 4.79 Å². The average molecular weight is 353 g/mol. The van der Waals surface area contributed by atoms with Crippen LogP contribution in [0.5, 0.6) is 5.75 Å². The Bertz CT molecular complexity index is 611. The van der Waals surface area contributed by atoms with Gasteiger partial charge in [-0.3, -0.25) is 0 Å². The van der Waals surface area contributed by atoms with Gasteiger partial charge in [0.2, 0.25) is 0 Å². The Morgan fingerprint density at radius 3 is 2.25 bits per heavy atom. The van der Waals surface area contributed by atoms with Gasteiger partial charge in [-0.15, -0.1) is 0 Å². The van der Waals surface area contributed by atoms with Crippen LogP contribution in [0.15, 0.2) is 56.7 Å². The second kappa shape index (κ2) is 6.81. The largest absolute Gasteiger partial charge is 0.496 e. The molecule has 0 aromatic heterocycles. The minimum atomic E-state index is -0.325. The molecule has 0 aliphatic rings. The van der Waals surface area contributed by atoms with E-state index in [9.17, 15) is 4.79 Å². The van der Waals surface area contributed by atoms with Crippen LogP contribution in [0.25, 0.3) is 0 Å². The van der Waals surface area contributed by atoms with Gasteiger partial charge in [-0.2, -0.15) is 0 Å². The smallest absolute Gasteiger partial charge is 0.337 e. The van der Waals surface area contributed by atoms with Gasteiger partial charge < -0.3 is 9.47 Å². The van der Waals surface area contributed by atoms with E-state index in [1.54, 1.807) is 31.0 Å². The van der Waals surface area contributed by atoms with Crippen LogP contribution in [0.1, 0.15) is 10.4 Å². The summed E-state index contributed by atoms with van der Waals surface area (Å²) in [4.78, 5) is 13.5. The highest BCUT2D eigenvalue weighted by atomic mass is 79.9. The zero-order valence-corrected chi connectivity index (χ0v) is 13.5. The molecule has 0 spiro atoms. The van der Waals surface area contributed by atoms with Crippen molar-refractivity contribution in [1.82, 2.24) is 0 Å². The minimum absolute atomic E-state index is 0.325. The summed E-state index contributed by atoms with van der Waals surface area (Å²) in [5.74, 6) is 0.476. The molecule has 0 saturated carbocycles. The molecular formula is C15H13BrO3S. The van der Waals surface area contributed by atoms with E-state index < -0.39 is 0 Å². The third kappa shape index (κ3) is 3.55. The zero-order valence-electron chi connectivity index (χ0n) is 11.1. The molecule has 0 atom stereocenters. The first kappa shape index (κ1) is 14.9. The number of benzene rings is 2. The molecule has 3 nitrogen and oxygen atoms in total. The van der Waals surface area contributed by atoms with Crippen molar-refractivity contribution >= 4 is 33.7 Å². The molecule has 0 amide bonds. The zero-order chi connectivity index (χ0) is 14.5. The van der Waals surface area contributed by atoms with Gasteiger partial charge in [0.05, 0.1) is 24.3 Å². The molecule has 0 unspecified atom stereocenters. The van der Waals surface area contributed by atoms with E-state index in [-0.39, 0.29) is 5.97 Å². The number of ether oxygens (including phenoxy) is 2. The summed E-state index contributed by atoms with van der Waals surface area (Å²) in [6.07, 6.45) is 0. The molecule has 0 heterocycles. The minimum Gasteiger partial charge on any atom is -0.496 e. The van der Waals surface area contributed by atoms with Crippen LogP contribution in [0.2, 0.25) is 0 Å². The maximum absolute atomic E-state index is 11.3. The van der Waals surface area contributed by atoms with Crippen LogP contribution in [0, 0.1) is 0 Å². The second-order valence-corrected chi connectivity index (χ2v) is 5.92. The summed E-state index contributed by atoms with van der Waals surface area (Å²) in [6, 6.07) is 13.2. The van der Waals surface area contributed by atoms with Gasteiger partial charge in [0.1, 0.15) is 5.75 Å². The summed E-state index contributed by atoms with van der Waals surface area (Å²) in [7, 11) is 3.01. The number of carbonyl (C=O) groups excluding carboxylic acids is 1. The first-order valence-electron chi connectivity index (χ1n) is 5.84. The molecule has 0 aliphatic carbocycles. The van der Waals surface area contributed by atoms with Crippen LogP contribution in [-0.4, -0.2) is 20.2 Å². The summed E-state index contributed by atoms with van der Waals surface area (Å²) in [5.41, 5.74) is 0.549. The monoisotopic (exact) mass is 352 g/mol. The fourth-order valence-corrected chi connectivity index (χ4v) is 3.17. The van der Waals surface area contributed by atoms with Crippen molar-refractivity contribution in [2.75, 3.05) is 14.2 Å². The lowest BCUT2D eigenvalue weighted by atomic mass is 10.2. The maximum Gasteiger partial charge on any atom is 0.337 e. The summed E-state index contributed by atoms with van der Waals surface area (Å²) < 4.78 is 10.8. The molecule has 0 aliphatic heterocycles. The Hall–Kier alpha value is -1.46. The number of carbonyl (C=O) groups is 1. The Labute approximate surface area is 130 Å². The van der Waals surface area contributed by atoms with E-state index >= 15 is 0 Å². The first-order valence-corrected chi connectivity index (χ1v) is 7.44. The van der Waals surface area contributed by atoms with E-state index in [2.05, 4.69) is 20.7 Å². The van der Waals surface area contributed by atoms with Gasteiger partial charge in [0.25, 0.3) is 0 Å². The standard InChI is InChI=1S/C15H13BrO3S/c1-18-14-8-7-12(9-13(14)16)20-11-5-3-10(4-6-11)15(17)19-2/h3-9H,1-2H3. The highest BCUT2D eigenvalue weighted by Crippen LogP contribution is 2.33. The van der Waals surface area contributed by atoms with Gasteiger partial charge in [0.15, 0.2) is 0 Å². The fraction of sp³-hybridized carbons (Fsp3) is 0.133. The molecule has 0 radical (unpaired) electrons. The summed E-state index contributed by atoms with van der Waals surface area (Å²) in [5, 5.41) is 0. The van der Waals surface area contributed by atoms with Crippen molar-refractivity contribution in [3.05, 3.63) is 52.5 Å². The highest BCUT2D eigenvalue weighted by molar-refractivity contribution is 9.10. The van der Waals surface area contributed by atoms with Crippen molar-refractivity contribution in [3.63, 3.8) is 0 Å². The molecule has 2 aromatic rings. The molecule has 0 bridgehead atoms. The lowest BCUT2D eigenvalue weighted by Crippen LogP contribution is -2.00. The number of methoxy groups -OCH3 is 2. The SMILES string of the molecule is COC(=O)c1ccc(Sc2ccc(OC)c(Br)c2)cc1. The number of esters is 1. The second-order valence-electron chi connectivity index (χ2n) is 3.91. The quantitative estimate of drug-likeness (QED) is 0.764. The normalized spacial score (nSPS) is 10.2. The number of hydrogen-bond acceptors (Lipinski definition) is 4. The summed E-state index contributed by atoms with van der Waals surface area (Å²) in [6.45, 7) is 0. The van der Waals surface area contributed by atoms with E-state index in [0.29, 0.717) is 5.56 Å². The summed E-state index contributed by atoms with van der Waals surface area (Å²) >= 11 is 5.07. The average Bonchev–Trinajstić information content (AvgIpc) is 2.47. The van der Waals surface area contributed by atoms with Crippen LogP contribution >= 0.6 is 27.7 Å². The van der Waals surface area contributed by atoms with Gasteiger partial charge in [-0.1, -0.05) is 11.8 Å². The number of rotatable bonds is 4. The lowest BCUT2D eigenvalue weighted by molar-refractivity contribution is 0.0600. The van der Waals surface area contributed by atoms with Gasteiger partial charge >= 0.3 is 5.97 Å². The van der Waals surface area contributed by atoms with E-state index in [4.69, 9.17) is 4.74 Å². The Morgan fingerprint density at radius 1 is 1.05 bits per heavy atom. The third-order valence-corrected chi connectivity index (χ3v) is 4.25. The van der Waals surface area contributed by atoms with Crippen molar-refractivity contribution in [3.8, 4) is 5.75 Å². The van der Waals surface area contributed by atoms with Crippen LogP contribution in [0.4, 0.5) is 0 Å².